The van der Waals surface area contributed by atoms with Crippen molar-refractivity contribution in [2.75, 3.05) is 0 Å². The van der Waals surface area contributed by atoms with Crippen molar-refractivity contribution in [1.82, 2.24) is 0 Å². The predicted octanol–water partition coefficient (Wildman–Crippen LogP) is 6.71. The lowest BCUT2D eigenvalue weighted by Gasteiger charge is -1.92. The van der Waals surface area contributed by atoms with Crippen LogP contribution in [0.4, 0.5) is 0 Å². The quantitative estimate of drug-likeness (QED) is 0.337. The molecule has 0 aliphatic heterocycles. The number of rotatable bonds is 0. The first kappa shape index (κ1) is 15.8. The molecule has 0 spiro atoms. The fourth-order valence-corrected chi connectivity index (χ4v) is 2.27. The fraction of sp³-hybridized carbons (Fsp3) is 0.0909. The highest BCUT2D eigenvalue weighted by Crippen LogP contribution is 2.11. The van der Waals surface area contributed by atoms with Gasteiger partial charge in [-0.1, -0.05) is 111 Å². The van der Waals surface area contributed by atoms with Crippen LogP contribution < -0.4 is 0 Å². The molecule has 0 aromatic heterocycles. The highest BCUT2D eigenvalue weighted by atomic mass is 13.9. The van der Waals surface area contributed by atoms with Crippen molar-refractivity contribution in [3.63, 3.8) is 0 Å². The van der Waals surface area contributed by atoms with Gasteiger partial charge in [-0.25, -0.2) is 0 Å². The van der Waals surface area contributed by atoms with E-state index in [2.05, 4.69) is 97.1 Å². The van der Waals surface area contributed by atoms with Crippen molar-refractivity contribution < 1.29 is 0 Å². The van der Waals surface area contributed by atoms with Crippen molar-refractivity contribution in [3.05, 3.63) is 97.1 Å². The molecule has 110 valence electrons. The highest BCUT2D eigenvalue weighted by molar-refractivity contribution is 5.82. The molecule has 22 heavy (non-hydrogen) atoms. The second kappa shape index (κ2) is 8.63. The minimum Gasteiger partial charge on any atom is -0.0683 e. The summed E-state index contributed by atoms with van der Waals surface area (Å²) in [5.74, 6) is 0. The van der Waals surface area contributed by atoms with E-state index in [1.807, 2.05) is 13.8 Å². The molecule has 4 rings (SSSR count). The van der Waals surface area contributed by atoms with Gasteiger partial charge in [-0.05, 0) is 21.5 Å². The Kier molecular flexibility index (Phi) is 6.19. The zero-order valence-corrected chi connectivity index (χ0v) is 13.2. The molecule has 0 aliphatic carbocycles. The van der Waals surface area contributed by atoms with E-state index >= 15 is 0 Å². The summed E-state index contributed by atoms with van der Waals surface area (Å²) in [6.07, 6.45) is 0. The first-order valence-electron chi connectivity index (χ1n) is 7.81. The normalized spacial score (nSPS) is 9.36. The van der Waals surface area contributed by atoms with Gasteiger partial charge < -0.3 is 0 Å². The number of benzene rings is 4. The molecule has 0 N–H and O–H groups in total. The van der Waals surface area contributed by atoms with Gasteiger partial charge in [-0.2, -0.15) is 0 Å². The van der Waals surface area contributed by atoms with Crippen LogP contribution in [0.3, 0.4) is 0 Å². The summed E-state index contributed by atoms with van der Waals surface area (Å²) in [6, 6.07) is 33.4. The standard InChI is InChI=1S/2C10H8.C2H6/c2*1-2-6-10-8-4-3-7-9(10)5-1;1-2/h2*1-8H;1-2H3. The van der Waals surface area contributed by atoms with E-state index in [1.54, 1.807) is 0 Å². The van der Waals surface area contributed by atoms with E-state index in [4.69, 9.17) is 0 Å². The molecule has 4 aromatic rings. The van der Waals surface area contributed by atoms with Crippen LogP contribution in [0, 0.1) is 0 Å². The first-order chi connectivity index (χ1) is 10.9. The Bertz CT molecular complexity index is 613. The van der Waals surface area contributed by atoms with Gasteiger partial charge in [0.05, 0.1) is 0 Å². The van der Waals surface area contributed by atoms with E-state index in [0.29, 0.717) is 0 Å². The van der Waals surface area contributed by atoms with Gasteiger partial charge in [0.25, 0.3) is 0 Å². The third kappa shape index (κ3) is 4.20. The Hall–Kier alpha value is -2.60. The van der Waals surface area contributed by atoms with Crippen LogP contribution in [0.5, 0.6) is 0 Å². The van der Waals surface area contributed by atoms with Crippen LogP contribution in [-0.2, 0) is 0 Å². The molecule has 0 bridgehead atoms. The minimum absolute atomic E-state index is 1.31. The molecule has 0 heterocycles. The number of hydrogen-bond donors (Lipinski definition) is 0. The molecular formula is C22H22. The van der Waals surface area contributed by atoms with Gasteiger partial charge >= 0.3 is 0 Å². The van der Waals surface area contributed by atoms with E-state index in [9.17, 15) is 0 Å². The largest absolute Gasteiger partial charge is 0.0683 e. The molecule has 0 unspecified atom stereocenters. The zero-order chi connectivity index (χ0) is 15.6. The van der Waals surface area contributed by atoms with Gasteiger partial charge in [0.15, 0.2) is 0 Å². The van der Waals surface area contributed by atoms with Crippen molar-refractivity contribution >= 4 is 21.5 Å². The van der Waals surface area contributed by atoms with Gasteiger partial charge in [0.1, 0.15) is 0 Å². The Morgan fingerprint density at radius 2 is 0.455 bits per heavy atom. The third-order valence-corrected chi connectivity index (χ3v) is 3.32. The van der Waals surface area contributed by atoms with E-state index in [0.717, 1.165) is 0 Å². The molecule has 0 radical (unpaired) electrons. The maximum absolute atomic E-state index is 2.12. The van der Waals surface area contributed by atoms with Crippen LogP contribution >= 0.6 is 0 Å². The molecule has 4 aromatic carbocycles. The summed E-state index contributed by atoms with van der Waals surface area (Å²) < 4.78 is 0. The molecule has 0 saturated carbocycles. The van der Waals surface area contributed by atoms with Gasteiger partial charge in [0.2, 0.25) is 0 Å². The minimum atomic E-state index is 1.31. The van der Waals surface area contributed by atoms with Crippen molar-refractivity contribution in [2.45, 2.75) is 13.8 Å². The summed E-state index contributed by atoms with van der Waals surface area (Å²) in [7, 11) is 0. The molecule has 0 aliphatic rings. The number of hydrogen-bond acceptors (Lipinski definition) is 0. The fourth-order valence-electron chi connectivity index (χ4n) is 2.27. The molecule has 0 nitrogen and oxygen atoms in total. The predicted molar refractivity (Wildman–Crippen MR) is 99.2 cm³/mol. The summed E-state index contributed by atoms with van der Waals surface area (Å²) >= 11 is 0. The zero-order valence-electron chi connectivity index (χ0n) is 13.2. The summed E-state index contributed by atoms with van der Waals surface area (Å²) in [5, 5.41) is 5.24. The van der Waals surface area contributed by atoms with Crippen molar-refractivity contribution in [3.8, 4) is 0 Å². The molecular weight excluding hydrogens is 264 g/mol. The maximum Gasteiger partial charge on any atom is -0.0184 e. The molecule has 0 heteroatoms. The van der Waals surface area contributed by atoms with Crippen LogP contribution in [0.2, 0.25) is 0 Å². The lowest BCUT2D eigenvalue weighted by molar-refractivity contribution is 1.50. The van der Waals surface area contributed by atoms with Crippen LogP contribution in [0.1, 0.15) is 13.8 Å². The third-order valence-electron chi connectivity index (χ3n) is 3.32. The monoisotopic (exact) mass is 286 g/mol. The first-order valence-corrected chi connectivity index (χ1v) is 7.81. The van der Waals surface area contributed by atoms with E-state index in [1.165, 1.54) is 21.5 Å². The van der Waals surface area contributed by atoms with Gasteiger partial charge in [-0.3, -0.25) is 0 Å². The Balaban J connectivity index is 0.000000144. The Morgan fingerprint density at radius 1 is 0.318 bits per heavy atom. The topological polar surface area (TPSA) is 0 Å². The van der Waals surface area contributed by atoms with Crippen molar-refractivity contribution in [1.29, 1.82) is 0 Å². The van der Waals surface area contributed by atoms with Crippen LogP contribution in [0.25, 0.3) is 21.5 Å². The lowest BCUT2D eigenvalue weighted by atomic mass is 10.1. The van der Waals surface area contributed by atoms with E-state index in [-0.39, 0.29) is 0 Å². The Labute approximate surface area is 133 Å². The average molecular weight is 286 g/mol. The van der Waals surface area contributed by atoms with E-state index < -0.39 is 0 Å². The average Bonchev–Trinajstić information content (AvgIpc) is 2.64. The smallest absolute Gasteiger partial charge is 0.0184 e. The SMILES string of the molecule is CC.c1ccc2ccccc2c1.c1ccc2ccccc2c1. The number of fused-ring (bicyclic) bond motifs is 2. The van der Waals surface area contributed by atoms with Crippen LogP contribution in [-0.4, -0.2) is 0 Å². The summed E-state index contributed by atoms with van der Waals surface area (Å²) in [4.78, 5) is 0. The Morgan fingerprint density at radius 3 is 0.591 bits per heavy atom. The summed E-state index contributed by atoms with van der Waals surface area (Å²) in [5.41, 5.74) is 0. The van der Waals surface area contributed by atoms with Crippen LogP contribution in [0.15, 0.2) is 97.1 Å². The molecule has 0 saturated heterocycles. The maximum atomic E-state index is 2.12. The van der Waals surface area contributed by atoms with Gasteiger partial charge in [-0.15, -0.1) is 0 Å². The lowest BCUT2D eigenvalue weighted by Crippen LogP contribution is -1.67. The molecule has 0 atom stereocenters. The second-order valence-corrected chi connectivity index (χ2v) is 4.69. The molecule has 0 amide bonds. The van der Waals surface area contributed by atoms with Crippen molar-refractivity contribution in [2.24, 2.45) is 0 Å². The highest BCUT2D eigenvalue weighted by Gasteiger charge is 1.86. The second-order valence-electron chi connectivity index (χ2n) is 4.69. The summed E-state index contributed by atoms with van der Waals surface area (Å²) in [6.45, 7) is 4.00. The molecule has 0 fully saturated rings. The van der Waals surface area contributed by atoms with Gasteiger partial charge in [0, 0.05) is 0 Å².